The lowest BCUT2D eigenvalue weighted by Gasteiger charge is -2.07. The molecule has 108 valence electrons. The molecule has 0 N–H and O–H groups in total. The molecule has 9 heteroatoms. The van der Waals surface area contributed by atoms with E-state index in [1.165, 1.54) is 13.2 Å². The van der Waals surface area contributed by atoms with E-state index in [2.05, 4.69) is 22.3 Å². The second kappa shape index (κ2) is 5.33. The Morgan fingerprint density at radius 1 is 1.40 bits per heavy atom. The van der Waals surface area contributed by atoms with Crippen LogP contribution in [0.4, 0.5) is 0 Å². The van der Waals surface area contributed by atoms with Gasteiger partial charge in [-0.15, -0.1) is 12.6 Å². The first-order chi connectivity index (χ1) is 9.39. The van der Waals surface area contributed by atoms with E-state index in [9.17, 15) is 13.2 Å². The van der Waals surface area contributed by atoms with Gasteiger partial charge in [-0.05, 0) is 6.07 Å². The van der Waals surface area contributed by atoms with Gasteiger partial charge < -0.3 is 9.47 Å². The predicted octanol–water partition coefficient (Wildman–Crippen LogP) is 0.685. The molecule has 0 unspecified atom stereocenters. The summed E-state index contributed by atoms with van der Waals surface area (Å²) in [6, 6.07) is 3.13. The number of aromatic nitrogens is 2. The number of benzene rings is 1. The molecule has 1 heterocycles. The second-order valence-electron chi connectivity index (χ2n) is 3.89. The molecule has 20 heavy (non-hydrogen) atoms. The van der Waals surface area contributed by atoms with E-state index in [1.54, 1.807) is 6.07 Å². The van der Waals surface area contributed by atoms with Crippen molar-refractivity contribution in [3.63, 3.8) is 0 Å². The fourth-order valence-corrected chi connectivity index (χ4v) is 3.15. The minimum atomic E-state index is -3.91. The summed E-state index contributed by atoms with van der Waals surface area (Å²) in [5.41, 5.74) is 0.695. The average molecular weight is 316 g/mol. The molecule has 1 aromatic carbocycles. The number of nitrogens with zero attached hydrogens (tertiary/aromatic N) is 2. The maximum atomic E-state index is 12.1. The third-order valence-corrected chi connectivity index (χ3v) is 4.47. The number of carbonyl (C=O) groups is 1. The van der Waals surface area contributed by atoms with Gasteiger partial charge in [0.2, 0.25) is 0 Å². The van der Waals surface area contributed by atoms with E-state index < -0.39 is 21.7 Å². The Bertz CT molecular complexity index is 766. The molecular formula is C11H12N2O5S2. The summed E-state index contributed by atoms with van der Waals surface area (Å²) >= 11 is 4.23. The summed E-state index contributed by atoms with van der Waals surface area (Å²) in [5.74, 6) is -1.17. The van der Waals surface area contributed by atoms with Crippen molar-refractivity contribution in [3.8, 4) is 5.75 Å². The van der Waals surface area contributed by atoms with Gasteiger partial charge in [-0.1, -0.05) is 0 Å². The number of rotatable bonds is 4. The molecule has 0 saturated heterocycles. The standard InChI is InChI=1S/C11H12N2O5S2/c1-17-7-3-8-11(9(19)4-7)12-6-13(8)20(15,16)5-10(14)18-2/h3-4,6,19H,5H2,1-2H3. The summed E-state index contributed by atoms with van der Waals surface area (Å²) in [4.78, 5) is 15.6. The third-order valence-electron chi connectivity index (χ3n) is 2.64. The number of thiol groups is 1. The summed E-state index contributed by atoms with van der Waals surface area (Å²) in [5, 5.41) is 0. The molecule has 0 spiro atoms. The van der Waals surface area contributed by atoms with Gasteiger partial charge in [0.15, 0.2) is 5.75 Å². The monoisotopic (exact) mass is 316 g/mol. The quantitative estimate of drug-likeness (QED) is 0.659. The van der Waals surface area contributed by atoms with E-state index in [0.717, 1.165) is 17.4 Å². The number of fused-ring (bicyclic) bond motifs is 1. The van der Waals surface area contributed by atoms with E-state index in [4.69, 9.17) is 4.74 Å². The number of carbonyl (C=O) groups excluding carboxylic acids is 1. The number of hydrogen-bond acceptors (Lipinski definition) is 7. The van der Waals surface area contributed by atoms with Crippen molar-refractivity contribution in [3.05, 3.63) is 18.5 Å². The second-order valence-corrected chi connectivity index (χ2v) is 6.21. The Labute approximate surface area is 121 Å². The highest BCUT2D eigenvalue weighted by Crippen LogP contribution is 2.27. The number of ether oxygens (including phenoxy) is 2. The molecule has 0 fully saturated rings. The smallest absolute Gasteiger partial charge is 0.322 e. The van der Waals surface area contributed by atoms with Crippen LogP contribution < -0.4 is 4.74 Å². The Morgan fingerprint density at radius 2 is 2.10 bits per heavy atom. The number of esters is 1. The molecule has 2 aromatic rings. The van der Waals surface area contributed by atoms with Crippen molar-refractivity contribution in [2.45, 2.75) is 4.90 Å². The molecule has 2 rings (SSSR count). The molecule has 0 aliphatic heterocycles. The summed E-state index contributed by atoms with van der Waals surface area (Å²) in [6.07, 6.45) is 1.13. The SMILES string of the molecule is COC(=O)CS(=O)(=O)n1cnc2c(S)cc(OC)cc21. The van der Waals surface area contributed by atoms with E-state index in [1.807, 2.05) is 0 Å². The van der Waals surface area contributed by atoms with Crippen LogP contribution in [0.15, 0.2) is 23.4 Å². The topological polar surface area (TPSA) is 87.5 Å². The zero-order valence-electron chi connectivity index (χ0n) is 10.7. The molecule has 0 aliphatic rings. The zero-order valence-corrected chi connectivity index (χ0v) is 12.4. The number of imidazole rings is 1. The fraction of sp³-hybridized carbons (Fsp3) is 0.273. The lowest BCUT2D eigenvalue weighted by molar-refractivity contribution is -0.137. The van der Waals surface area contributed by atoms with Crippen molar-refractivity contribution in [1.29, 1.82) is 0 Å². The molecule has 0 saturated carbocycles. The van der Waals surface area contributed by atoms with E-state index in [-0.39, 0.29) is 0 Å². The van der Waals surface area contributed by atoms with Crippen LogP contribution in [0.2, 0.25) is 0 Å². The summed E-state index contributed by atoms with van der Waals surface area (Å²) in [7, 11) is -1.33. The van der Waals surface area contributed by atoms with Gasteiger partial charge in [-0.3, -0.25) is 4.79 Å². The first-order valence-electron chi connectivity index (χ1n) is 5.43. The van der Waals surface area contributed by atoms with Gasteiger partial charge >= 0.3 is 5.97 Å². The highest BCUT2D eigenvalue weighted by molar-refractivity contribution is 7.90. The van der Waals surface area contributed by atoms with Crippen LogP contribution in [0.25, 0.3) is 11.0 Å². The summed E-state index contributed by atoms with van der Waals surface area (Å²) < 4.78 is 34.6. The maximum absolute atomic E-state index is 12.1. The average Bonchev–Trinajstić information content (AvgIpc) is 2.83. The highest BCUT2D eigenvalue weighted by atomic mass is 32.2. The normalized spacial score (nSPS) is 11.6. The molecular weight excluding hydrogens is 304 g/mol. The van der Waals surface area contributed by atoms with Crippen LogP contribution >= 0.6 is 12.6 Å². The Balaban J connectivity index is 2.61. The van der Waals surface area contributed by atoms with Crippen molar-refractivity contribution in [2.75, 3.05) is 20.0 Å². The Morgan fingerprint density at radius 3 is 2.70 bits per heavy atom. The summed E-state index contributed by atoms with van der Waals surface area (Å²) in [6.45, 7) is 0. The van der Waals surface area contributed by atoms with E-state index in [0.29, 0.717) is 21.7 Å². The van der Waals surface area contributed by atoms with Crippen LogP contribution in [-0.4, -0.2) is 43.3 Å². The van der Waals surface area contributed by atoms with Crippen LogP contribution in [0, 0.1) is 0 Å². The minimum Gasteiger partial charge on any atom is -0.497 e. The molecule has 0 amide bonds. The first kappa shape index (κ1) is 14.7. The third kappa shape index (κ3) is 2.59. The highest BCUT2D eigenvalue weighted by Gasteiger charge is 2.22. The molecule has 7 nitrogen and oxygen atoms in total. The molecule has 0 bridgehead atoms. The van der Waals surface area contributed by atoms with Crippen LogP contribution in [0.5, 0.6) is 5.75 Å². The van der Waals surface area contributed by atoms with Gasteiger partial charge in [-0.25, -0.2) is 17.4 Å². The largest absolute Gasteiger partial charge is 0.497 e. The maximum Gasteiger partial charge on any atom is 0.322 e. The lowest BCUT2D eigenvalue weighted by atomic mass is 10.3. The molecule has 1 aromatic heterocycles. The van der Waals surface area contributed by atoms with Gasteiger partial charge in [0.25, 0.3) is 10.0 Å². The first-order valence-corrected chi connectivity index (χ1v) is 7.49. The number of methoxy groups -OCH3 is 2. The van der Waals surface area contributed by atoms with Crippen molar-refractivity contribution >= 4 is 39.7 Å². The van der Waals surface area contributed by atoms with Crippen LogP contribution in [0.3, 0.4) is 0 Å². The molecule has 0 atom stereocenters. The van der Waals surface area contributed by atoms with Crippen LogP contribution in [-0.2, 0) is 19.6 Å². The van der Waals surface area contributed by atoms with Gasteiger partial charge in [0.05, 0.1) is 19.7 Å². The Kier molecular flexibility index (Phi) is 3.91. The van der Waals surface area contributed by atoms with Crippen molar-refractivity contribution in [2.24, 2.45) is 0 Å². The lowest BCUT2D eigenvalue weighted by Crippen LogP contribution is -2.22. The fourth-order valence-electron chi connectivity index (χ4n) is 1.67. The van der Waals surface area contributed by atoms with Gasteiger partial charge in [0.1, 0.15) is 17.6 Å². The Hall–Kier alpha value is -1.74. The van der Waals surface area contributed by atoms with Crippen molar-refractivity contribution in [1.82, 2.24) is 8.96 Å². The van der Waals surface area contributed by atoms with Crippen molar-refractivity contribution < 1.29 is 22.7 Å². The zero-order chi connectivity index (χ0) is 14.9. The van der Waals surface area contributed by atoms with Gasteiger partial charge in [0, 0.05) is 11.0 Å². The molecule has 0 aliphatic carbocycles. The molecule has 0 radical (unpaired) electrons. The van der Waals surface area contributed by atoms with E-state index >= 15 is 0 Å². The number of hydrogen-bond donors (Lipinski definition) is 1. The predicted molar refractivity (Wildman–Crippen MR) is 74.7 cm³/mol. The van der Waals surface area contributed by atoms with Crippen LogP contribution in [0.1, 0.15) is 0 Å². The minimum absolute atomic E-state index is 0.290. The van der Waals surface area contributed by atoms with Gasteiger partial charge in [-0.2, -0.15) is 0 Å².